The van der Waals surface area contributed by atoms with E-state index < -0.39 is 0 Å². The molecule has 1 saturated carbocycles. The fourth-order valence-corrected chi connectivity index (χ4v) is 2.88. The van der Waals surface area contributed by atoms with E-state index in [0.717, 1.165) is 19.6 Å². The van der Waals surface area contributed by atoms with Crippen LogP contribution >= 0.6 is 0 Å². The molecule has 1 aliphatic rings. The minimum Gasteiger partial charge on any atom is -0.337 e. The molecule has 0 radical (unpaired) electrons. The molecule has 2 unspecified atom stereocenters. The summed E-state index contributed by atoms with van der Waals surface area (Å²) in [6.07, 6.45) is 13.5. The number of rotatable bonds is 7. The Morgan fingerprint density at radius 3 is 2.94 bits per heavy atom. The second-order valence-electron chi connectivity index (χ2n) is 5.35. The highest BCUT2D eigenvalue weighted by Crippen LogP contribution is 2.23. The number of nitrogens with zero attached hydrogens (tertiary/aromatic N) is 2. The zero-order valence-electron chi connectivity index (χ0n) is 11.2. The largest absolute Gasteiger partial charge is 0.337 e. The number of aryl methyl sites for hydroxylation is 1. The Morgan fingerprint density at radius 1 is 1.28 bits per heavy atom. The summed E-state index contributed by atoms with van der Waals surface area (Å²) in [5, 5.41) is 3.70. The minimum atomic E-state index is 0.664. The van der Waals surface area contributed by atoms with E-state index in [9.17, 15) is 0 Å². The summed E-state index contributed by atoms with van der Waals surface area (Å²) in [7, 11) is 0. The molecule has 1 fully saturated rings. The van der Waals surface area contributed by atoms with Crippen molar-refractivity contribution in [2.24, 2.45) is 11.7 Å². The van der Waals surface area contributed by atoms with Crippen molar-refractivity contribution in [3.05, 3.63) is 18.7 Å². The Hall–Kier alpha value is -0.870. The maximum absolute atomic E-state index is 5.84. The second-order valence-corrected chi connectivity index (χ2v) is 5.35. The second kappa shape index (κ2) is 7.54. The van der Waals surface area contributed by atoms with Crippen molar-refractivity contribution in [1.82, 2.24) is 14.9 Å². The molecule has 0 spiro atoms. The summed E-state index contributed by atoms with van der Waals surface area (Å²) in [6.45, 7) is 3.04. The number of aromatic nitrogens is 2. The lowest BCUT2D eigenvalue weighted by atomic mass is 9.84. The maximum atomic E-state index is 5.84. The Morgan fingerprint density at radius 2 is 2.17 bits per heavy atom. The predicted molar refractivity (Wildman–Crippen MR) is 74.3 cm³/mol. The lowest BCUT2D eigenvalue weighted by molar-refractivity contribution is 0.267. The predicted octanol–water partition coefficient (Wildman–Crippen LogP) is 1.77. The first-order chi connectivity index (χ1) is 8.90. The normalized spacial score (nSPS) is 24.3. The van der Waals surface area contributed by atoms with Gasteiger partial charge in [0.05, 0.1) is 6.33 Å². The third-order valence-electron chi connectivity index (χ3n) is 4.02. The highest BCUT2D eigenvalue weighted by molar-refractivity contribution is 4.81. The van der Waals surface area contributed by atoms with Crippen LogP contribution in [0, 0.1) is 5.92 Å². The summed E-state index contributed by atoms with van der Waals surface area (Å²) in [5.41, 5.74) is 5.84. The molecule has 2 rings (SSSR count). The minimum absolute atomic E-state index is 0.664. The summed E-state index contributed by atoms with van der Waals surface area (Å²) in [5.74, 6) is 0.701. The van der Waals surface area contributed by atoms with E-state index in [0.29, 0.717) is 12.0 Å². The summed E-state index contributed by atoms with van der Waals surface area (Å²) >= 11 is 0. The number of imidazole rings is 1. The van der Waals surface area contributed by atoms with Crippen LogP contribution in [0.2, 0.25) is 0 Å². The van der Waals surface area contributed by atoms with Crippen LogP contribution in [0.1, 0.15) is 38.5 Å². The Labute approximate surface area is 110 Å². The van der Waals surface area contributed by atoms with Gasteiger partial charge in [0.1, 0.15) is 0 Å². The van der Waals surface area contributed by atoms with Gasteiger partial charge in [-0.1, -0.05) is 12.8 Å². The zero-order chi connectivity index (χ0) is 12.6. The maximum Gasteiger partial charge on any atom is 0.0945 e. The SMILES string of the molecule is NCC1CCCCC1NCCCCn1ccnc1. The van der Waals surface area contributed by atoms with Gasteiger partial charge in [0, 0.05) is 25.0 Å². The van der Waals surface area contributed by atoms with Crippen LogP contribution in [0.5, 0.6) is 0 Å². The third kappa shape index (κ3) is 4.10. The van der Waals surface area contributed by atoms with Crippen molar-refractivity contribution < 1.29 is 0 Å². The lowest BCUT2D eigenvalue weighted by Crippen LogP contribution is -2.42. The van der Waals surface area contributed by atoms with E-state index in [2.05, 4.69) is 14.9 Å². The number of nitrogens with one attached hydrogen (secondary N) is 1. The molecule has 2 atom stereocenters. The van der Waals surface area contributed by atoms with Gasteiger partial charge < -0.3 is 15.6 Å². The van der Waals surface area contributed by atoms with Crippen LogP contribution in [0.3, 0.4) is 0 Å². The van der Waals surface area contributed by atoms with E-state index >= 15 is 0 Å². The summed E-state index contributed by atoms with van der Waals surface area (Å²) in [6, 6.07) is 0.664. The van der Waals surface area contributed by atoms with Gasteiger partial charge in [0.25, 0.3) is 0 Å². The van der Waals surface area contributed by atoms with E-state index in [1.54, 1.807) is 0 Å². The standard InChI is InChI=1S/C14H26N4/c15-11-13-5-1-2-6-14(13)17-7-3-4-9-18-10-8-16-12-18/h8,10,12-14,17H,1-7,9,11,15H2. The van der Waals surface area contributed by atoms with Crippen molar-refractivity contribution in [2.75, 3.05) is 13.1 Å². The van der Waals surface area contributed by atoms with Gasteiger partial charge in [0.15, 0.2) is 0 Å². The van der Waals surface area contributed by atoms with Gasteiger partial charge in [-0.05, 0) is 44.7 Å². The number of nitrogens with two attached hydrogens (primary N) is 1. The first-order valence-electron chi connectivity index (χ1n) is 7.29. The van der Waals surface area contributed by atoms with E-state index in [1.165, 1.54) is 38.5 Å². The fourth-order valence-electron chi connectivity index (χ4n) is 2.88. The molecule has 1 heterocycles. The Bertz CT molecular complexity index is 310. The van der Waals surface area contributed by atoms with Crippen molar-refractivity contribution in [3.8, 4) is 0 Å². The fraction of sp³-hybridized carbons (Fsp3) is 0.786. The Kier molecular flexibility index (Phi) is 5.68. The zero-order valence-corrected chi connectivity index (χ0v) is 11.2. The molecule has 3 N–H and O–H groups in total. The van der Waals surface area contributed by atoms with E-state index in [4.69, 9.17) is 5.73 Å². The molecule has 4 nitrogen and oxygen atoms in total. The van der Waals surface area contributed by atoms with Crippen LogP contribution in [0.25, 0.3) is 0 Å². The molecule has 1 aromatic heterocycles. The summed E-state index contributed by atoms with van der Waals surface area (Å²) in [4.78, 5) is 4.05. The quantitative estimate of drug-likeness (QED) is 0.725. The first kappa shape index (κ1) is 13.6. The van der Waals surface area contributed by atoms with Gasteiger partial charge in [-0.25, -0.2) is 4.98 Å². The van der Waals surface area contributed by atoms with Gasteiger partial charge in [-0.15, -0.1) is 0 Å². The highest BCUT2D eigenvalue weighted by Gasteiger charge is 2.22. The third-order valence-corrected chi connectivity index (χ3v) is 4.02. The molecule has 0 aliphatic heterocycles. The molecule has 1 aromatic rings. The molecular weight excluding hydrogens is 224 g/mol. The van der Waals surface area contributed by atoms with Crippen LogP contribution in [0.15, 0.2) is 18.7 Å². The molecular formula is C14H26N4. The van der Waals surface area contributed by atoms with Crippen LogP contribution in [-0.4, -0.2) is 28.7 Å². The van der Waals surface area contributed by atoms with Crippen molar-refractivity contribution in [3.63, 3.8) is 0 Å². The molecule has 1 aliphatic carbocycles. The van der Waals surface area contributed by atoms with Crippen molar-refractivity contribution in [2.45, 2.75) is 51.1 Å². The average molecular weight is 250 g/mol. The highest BCUT2D eigenvalue weighted by atomic mass is 15.0. The van der Waals surface area contributed by atoms with Crippen molar-refractivity contribution in [1.29, 1.82) is 0 Å². The average Bonchev–Trinajstić information content (AvgIpc) is 2.92. The van der Waals surface area contributed by atoms with Gasteiger partial charge in [-0.3, -0.25) is 0 Å². The van der Waals surface area contributed by atoms with Crippen LogP contribution in [-0.2, 0) is 6.54 Å². The Balaban J connectivity index is 1.57. The molecule has 102 valence electrons. The first-order valence-corrected chi connectivity index (χ1v) is 7.29. The van der Waals surface area contributed by atoms with Gasteiger partial charge in [-0.2, -0.15) is 0 Å². The van der Waals surface area contributed by atoms with Gasteiger partial charge >= 0.3 is 0 Å². The lowest BCUT2D eigenvalue weighted by Gasteiger charge is -2.31. The summed E-state index contributed by atoms with van der Waals surface area (Å²) < 4.78 is 2.14. The molecule has 0 aromatic carbocycles. The van der Waals surface area contributed by atoms with Gasteiger partial charge in [0.2, 0.25) is 0 Å². The molecule has 0 saturated heterocycles. The molecule has 18 heavy (non-hydrogen) atoms. The number of unbranched alkanes of at least 4 members (excludes halogenated alkanes) is 1. The monoisotopic (exact) mass is 250 g/mol. The smallest absolute Gasteiger partial charge is 0.0945 e. The van der Waals surface area contributed by atoms with Crippen LogP contribution in [0.4, 0.5) is 0 Å². The van der Waals surface area contributed by atoms with E-state index in [-0.39, 0.29) is 0 Å². The molecule has 0 amide bonds. The number of hydrogen-bond donors (Lipinski definition) is 2. The van der Waals surface area contributed by atoms with Crippen LogP contribution < -0.4 is 11.1 Å². The van der Waals surface area contributed by atoms with Crippen molar-refractivity contribution >= 4 is 0 Å². The van der Waals surface area contributed by atoms with E-state index in [1.807, 2.05) is 18.7 Å². The topological polar surface area (TPSA) is 55.9 Å². The molecule has 4 heteroatoms. The molecule has 0 bridgehead atoms. The number of hydrogen-bond acceptors (Lipinski definition) is 3.